The third-order valence-corrected chi connectivity index (χ3v) is 6.29. The van der Waals surface area contributed by atoms with Gasteiger partial charge in [-0.15, -0.1) is 0 Å². The predicted octanol–water partition coefficient (Wildman–Crippen LogP) is 3.45. The van der Waals surface area contributed by atoms with Crippen LogP contribution in [0.4, 0.5) is 4.39 Å². The van der Waals surface area contributed by atoms with Crippen LogP contribution in [0.1, 0.15) is 22.7 Å². The van der Waals surface area contributed by atoms with Crippen LogP contribution in [0.3, 0.4) is 0 Å². The van der Waals surface area contributed by atoms with E-state index in [1.54, 1.807) is 36.4 Å². The molecule has 0 bridgehead atoms. The quantitative estimate of drug-likeness (QED) is 0.270. The summed E-state index contributed by atoms with van der Waals surface area (Å²) in [5, 5.41) is 11.2. The SMILES string of the molecule is C=CCOc1ccc(C(O)=C2C(=O)C(=O)N(CCN3CCOCC3)C2c2ccc(F)cc2)cc1C. The number of hydrogen-bond acceptors (Lipinski definition) is 6. The number of likely N-dealkylation sites (tertiary alicyclic amines) is 1. The van der Waals surface area contributed by atoms with Gasteiger partial charge in [-0.1, -0.05) is 24.8 Å². The molecule has 7 nitrogen and oxygen atoms in total. The summed E-state index contributed by atoms with van der Waals surface area (Å²) in [7, 11) is 0. The number of carbonyl (C=O) groups excluding carboxylic acids is 2. The second-order valence-electron chi connectivity index (χ2n) is 8.58. The lowest BCUT2D eigenvalue weighted by molar-refractivity contribution is -0.140. The van der Waals surface area contributed by atoms with Gasteiger partial charge < -0.3 is 19.5 Å². The van der Waals surface area contributed by atoms with Gasteiger partial charge in [-0.3, -0.25) is 14.5 Å². The number of halogens is 1. The van der Waals surface area contributed by atoms with Crippen LogP contribution < -0.4 is 4.74 Å². The molecule has 184 valence electrons. The topological polar surface area (TPSA) is 79.3 Å². The minimum absolute atomic E-state index is 0.0113. The number of aryl methyl sites for hydroxylation is 1. The molecule has 2 saturated heterocycles. The molecule has 2 aliphatic rings. The number of amides is 1. The first-order valence-corrected chi connectivity index (χ1v) is 11.6. The van der Waals surface area contributed by atoms with Crippen LogP contribution in [0.25, 0.3) is 5.76 Å². The smallest absolute Gasteiger partial charge is 0.295 e. The molecule has 4 rings (SSSR count). The Balaban J connectivity index is 1.71. The van der Waals surface area contributed by atoms with Crippen molar-refractivity contribution in [1.29, 1.82) is 0 Å². The zero-order chi connectivity index (χ0) is 24.9. The minimum atomic E-state index is -0.825. The Labute approximate surface area is 204 Å². The Morgan fingerprint density at radius 2 is 1.89 bits per heavy atom. The Morgan fingerprint density at radius 1 is 1.17 bits per heavy atom. The maximum absolute atomic E-state index is 13.7. The molecule has 2 fully saturated rings. The van der Waals surface area contributed by atoms with E-state index in [1.165, 1.54) is 17.0 Å². The highest BCUT2D eigenvalue weighted by atomic mass is 19.1. The molecule has 2 heterocycles. The number of benzene rings is 2. The van der Waals surface area contributed by atoms with Crippen LogP contribution in [0.2, 0.25) is 0 Å². The molecular formula is C27H29FN2O5. The number of ketones is 1. The molecule has 0 aliphatic carbocycles. The van der Waals surface area contributed by atoms with Gasteiger partial charge in [-0.2, -0.15) is 0 Å². The summed E-state index contributed by atoms with van der Waals surface area (Å²) in [6.07, 6.45) is 1.63. The first-order valence-electron chi connectivity index (χ1n) is 11.6. The van der Waals surface area contributed by atoms with Gasteiger partial charge >= 0.3 is 0 Å². The van der Waals surface area contributed by atoms with Crippen LogP contribution in [-0.2, 0) is 14.3 Å². The molecule has 8 heteroatoms. The Bertz CT molecular complexity index is 1140. The van der Waals surface area contributed by atoms with Gasteiger partial charge in [0.1, 0.15) is 23.9 Å². The van der Waals surface area contributed by atoms with Crippen LogP contribution in [0, 0.1) is 12.7 Å². The molecule has 2 aliphatic heterocycles. The van der Waals surface area contributed by atoms with E-state index in [-0.39, 0.29) is 17.9 Å². The number of Topliss-reactive ketones (excluding diaryl/α,β-unsaturated/α-hetero) is 1. The first kappa shape index (κ1) is 24.6. The van der Waals surface area contributed by atoms with Crippen molar-refractivity contribution < 1.29 is 28.6 Å². The van der Waals surface area contributed by atoms with Gasteiger partial charge in [0.05, 0.1) is 24.8 Å². The lowest BCUT2D eigenvalue weighted by atomic mass is 9.94. The summed E-state index contributed by atoms with van der Waals surface area (Å²) in [5.74, 6) is -1.52. The summed E-state index contributed by atoms with van der Waals surface area (Å²) in [6, 6.07) is 9.88. The molecular weight excluding hydrogens is 451 g/mol. The average Bonchev–Trinajstić information content (AvgIpc) is 3.12. The largest absolute Gasteiger partial charge is 0.507 e. The first-order chi connectivity index (χ1) is 16.9. The molecule has 1 unspecified atom stereocenters. The van der Waals surface area contributed by atoms with E-state index in [4.69, 9.17) is 9.47 Å². The van der Waals surface area contributed by atoms with E-state index in [9.17, 15) is 19.1 Å². The van der Waals surface area contributed by atoms with E-state index in [0.29, 0.717) is 43.2 Å². The third kappa shape index (κ3) is 5.28. The molecule has 1 atom stereocenters. The molecule has 1 N–H and O–H groups in total. The maximum Gasteiger partial charge on any atom is 0.295 e. The fourth-order valence-electron chi connectivity index (χ4n) is 4.44. The highest BCUT2D eigenvalue weighted by Gasteiger charge is 2.46. The summed E-state index contributed by atoms with van der Waals surface area (Å²) in [5.41, 5.74) is 1.70. The van der Waals surface area contributed by atoms with Crippen molar-refractivity contribution in [1.82, 2.24) is 9.80 Å². The van der Waals surface area contributed by atoms with Gasteiger partial charge in [0.2, 0.25) is 0 Å². The van der Waals surface area contributed by atoms with Crippen molar-refractivity contribution in [3.8, 4) is 5.75 Å². The van der Waals surface area contributed by atoms with Crippen LogP contribution >= 0.6 is 0 Å². The van der Waals surface area contributed by atoms with Gasteiger partial charge in [0.15, 0.2) is 0 Å². The van der Waals surface area contributed by atoms with Crippen LogP contribution in [0.5, 0.6) is 5.75 Å². The normalized spacial score (nSPS) is 20.3. The average molecular weight is 481 g/mol. The van der Waals surface area contributed by atoms with E-state index in [1.807, 2.05) is 6.92 Å². The number of hydrogen-bond donors (Lipinski definition) is 1. The molecule has 2 aromatic carbocycles. The van der Waals surface area contributed by atoms with Crippen molar-refractivity contribution in [3.05, 3.63) is 83.2 Å². The van der Waals surface area contributed by atoms with Crippen molar-refractivity contribution in [3.63, 3.8) is 0 Å². The number of morpholine rings is 1. The zero-order valence-corrected chi connectivity index (χ0v) is 19.7. The standard InChI is InChI=1S/C27H29FN2O5/c1-3-14-35-22-9-6-20(17-18(22)2)25(31)23-24(19-4-7-21(28)8-5-19)30(27(33)26(23)32)11-10-29-12-15-34-16-13-29/h3-9,17,24,31H,1,10-16H2,2H3. The fourth-order valence-corrected chi connectivity index (χ4v) is 4.44. The van der Waals surface area contributed by atoms with E-state index >= 15 is 0 Å². The molecule has 0 saturated carbocycles. The molecule has 35 heavy (non-hydrogen) atoms. The number of carbonyl (C=O) groups is 2. The molecule has 0 spiro atoms. The van der Waals surface area contributed by atoms with Crippen molar-refractivity contribution in [2.45, 2.75) is 13.0 Å². The predicted molar refractivity (Wildman–Crippen MR) is 130 cm³/mol. The third-order valence-electron chi connectivity index (χ3n) is 6.29. The molecule has 2 aromatic rings. The van der Waals surface area contributed by atoms with Crippen LogP contribution in [0.15, 0.2) is 60.7 Å². The number of aliphatic hydroxyl groups is 1. The van der Waals surface area contributed by atoms with E-state index < -0.39 is 23.5 Å². The van der Waals surface area contributed by atoms with Gasteiger partial charge in [-0.05, 0) is 48.4 Å². The number of ether oxygens (including phenoxy) is 2. The second-order valence-corrected chi connectivity index (χ2v) is 8.58. The lowest BCUT2D eigenvalue weighted by Gasteiger charge is -2.31. The summed E-state index contributed by atoms with van der Waals surface area (Å²) in [6.45, 7) is 9.36. The summed E-state index contributed by atoms with van der Waals surface area (Å²) >= 11 is 0. The monoisotopic (exact) mass is 480 g/mol. The maximum atomic E-state index is 13.7. The van der Waals surface area contributed by atoms with Crippen molar-refractivity contribution in [2.24, 2.45) is 0 Å². The van der Waals surface area contributed by atoms with Crippen molar-refractivity contribution >= 4 is 17.4 Å². The summed E-state index contributed by atoms with van der Waals surface area (Å²) < 4.78 is 24.6. The molecule has 1 amide bonds. The number of aliphatic hydroxyl groups excluding tert-OH is 1. The zero-order valence-electron chi connectivity index (χ0n) is 19.7. The Hall–Kier alpha value is -3.49. The second kappa shape index (κ2) is 10.8. The molecule has 0 aromatic heterocycles. The number of nitrogens with zero attached hydrogens (tertiary/aromatic N) is 2. The van der Waals surface area contributed by atoms with Crippen LogP contribution in [-0.4, -0.2) is 72.6 Å². The summed E-state index contributed by atoms with van der Waals surface area (Å²) in [4.78, 5) is 29.9. The highest BCUT2D eigenvalue weighted by molar-refractivity contribution is 6.46. The van der Waals surface area contributed by atoms with E-state index in [0.717, 1.165) is 18.7 Å². The van der Waals surface area contributed by atoms with Gasteiger partial charge in [-0.25, -0.2) is 4.39 Å². The fraction of sp³-hybridized carbons (Fsp3) is 0.333. The Morgan fingerprint density at radius 3 is 2.54 bits per heavy atom. The molecule has 0 radical (unpaired) electrons. The highest BCUT2D eigenvalue weighted by Crippen LogP contribution is 2.39. The minimum Gasteiger partial charge on any atom is -0.507 e. The van der Waals surface area contributed by atoms with Crippen molar-refractivity contribution in [2.75, 3.05) is 46.0 Å². The Kier molecular flexibility index (Phi) is 7.63. The number of rotatable bonds is 8. The van der Waals surface area contributed by atoms with Gasteiger partial charge in [0, 0.05) is 31.7 Å². The van der Waals surface area contributed by atoms with E-state index in [2.05, 4.69) is 11.5 Å². The lowest BCUT2D eigenvalue weighted by Crippen LogP contribution is -2.42. The van der Waals surface area contributed by atoms with Gasteiger partial charge in [0.25, 0.3) is 11.7 Å².